The fraction of sp³-hybridized carbons (Fsp3) is 0.192. The van der Waals surface area contributed by atoms with Crippen LogP contribution in [-0.4, -0.2) is 8.07 Å². The van der Waals surface area contributed by atoms with Gasteiger partial charge >= 0.3 is 0 Å². The van der Waals surface area contributed by atoms with E-state index < -0.39 is 8.07 Å². The maximum atomic E-state index is 7.31. The second-order valence-corrected chi connectivity index (χ2v) is 23.5. The average Bonchev–Trinajstić information content (AvgIpc) is 3.19. The molecule has 0 saturated carbocycles. The molecule has 0 spiro atoms. The molecule has 5 heteroatoms. The van der Waals surface area contributed by atoms with Crippen LogP contribution in [0.2, 0.25) is 18.1 Å². The molecule has 1 aliphatic heterocycles. The Morgan fingerprint density at radius 3 is 1.23 bits per heavy atom. The molecule has 0 aromatic heterocycles. The number of para-hydroxylation sites is 2. The Morgan fingerprint density at radius 2 is 0.842 bits per heavy atom. The van der Waals surface area contributed by atoms with E-state index in [2.05, 4.69) is 238 Å². The lowest BCUT2D eigenvalue weighted by molar-refractivity contribution is 0.590. The van der Waals surface area contributed by atoms with Gasteiger partial charge in [-0.25, -0.2) is 0 Å². The van der Waals surface area contributed by atoms with Gasteiger partial charge < -0.3 is 9.80 Å². The van der Waals surface area contributed by atoms with Crippen molar-refractivity contribution in [3.8, 4) is 22.3 Å². The fourth-order valence-corrected chi connectivity index (χ4v) is 11.2. The molecule has 0 unspecified atom stereocenters. The first kappa shape index (κ1) is 39.0. The van der Waals surface area contributed by atoms with Crippen LogP contribution in [-0.2, 0) is 10.8 Å². The molecule has 0 atom stereocenters. The van der Waals surface area contributed by atoms with Crippen LogP contribution in [0, 0.1) is 0 Å². The Balaban J connectivity index is 1.41. The van der Waals surface area contributed by atoms with Gasteiger partial charge in [0, 0.05) is 27.5 Å². The molecule has 0 amide bonds. The molecule has 286 valence electrons. The van der Waals surface area contributed by atoms with Crippen LogP contribution in [0.3, 0.4) is 0 Å². The minimum atomic E-state index is -2.21. The van der Waals surface area contributed by atoms with E-state index in [0.717, 1.165) is 60.9 Å². The number of nitrogens with zero attached hydrogens (tertiary/aromatic N) is 2. The molecule has 0 saturated heterocycles. The zero-order chi connectivity index (χ0) is 40.3. The van der Waals surface area contributed by atoms with Crippen LogP contribution < -0.4 is 20.2 Å². The summed E-state index contributed by atoms with van der Waals surface area (Å²) in [7, 11) is -2.21. The normalized spacial score (nSPS) is 13.9. The van der Waals surface area contributed by atoms with E-state index in [1.807, 2.05) is 0 Å². The lowest BCUT2D eigenvalue weighted by Crippen LogP contribution is -2.53. The number of halogens is 2. The molecular weight excluding hydrogens is 796 g/mol. The van der Waals surface area contributed by atoms with Crippen LogP contribution in [0.25, 0.3) is 22.3 Å². The molecule has 57 heavy (non-hydrogen) atoms. The number of hydrogen-bond acceptors (Lipinski definition) is 2. The first-order valence-corrected chi connectivity index (χ1v) is 24.0. The minimum absolute atomic E-state index is 0.0625. The van der Waals surface area contributed by atoms with E-state index in [0.29, 0.717) is 5.02 Å². The molecule has 2 nitrogen and oxygen atoms in total. The second kappa shape index (κ2) is 14.8. The zero-order valence-corrected chi connectivity index (χ0v) is 37.5. The molecule has 0 aliphatic carbocycles. The highest BCUT2D eigenvalue weighted by Crippen LogP contribution is 2.51. The third-order valence-corrected chi connectivity index (χ3v) is 16.1. The average molecular weight is 846 g/mol. The SMILES string of the molecule is CC(C)(C)c1ccc(-c2ccccc2N2c3cccc(c3)[Si](C)(C)c3cccc(c3)N(c3ccccc3-c3ccc(C(C)(C)C)cc3)c3cc(Cl)cc2c3Br)cc1. The largest absolute Gasteiger partial charge is 0.309 e. The van der Waals surface area contributed by atoms with E-state index in [4.69, 9.17) is 11.6 Å². The fourth-order valence-electron chi connectivity index (χ4n) is 8.06. The van der Waals surface area contributed by atoms with Crippen LogP contribution in [0.15, 0.2) is 162 Å². The standard InChI is InChI=1S/C52H50BrClN2Si/c1-51(2,3)37-27-23-35(24-28-37)44-19-9-11-21-46(44)55-40-15-13-17-42(33-40)57(7,8)43-18-14-16-41(34-43)56(49-32-39(54)31-48(55)50(49)53)47-22-12-10-20-45(47)36-25-29-38(30-26-36)52(4,5)6/h9-34H,1-8H3. The summed E-state index contributed by atoms with van der Waals surface area (Å²) in [5.74, 6) is 0. The van der Waals surface area contributed by atoms with E-state index >= 15 is 0 Å². The third kappa shape index (κ3) is 7.40. The Kier molecular flexibility index (Phi) is 10.1. The molecule has 1 heterocycles. The second-order valence-electron chi connectivity index (χ2n) is 17.8. The summed E-state index contributed by atoms with van der Waals surface area (Å²) in [4.78, 5) is 4.79. The summed E-state index contributed by atoms with van der Waals surface area (Å²) >= 11 is 11.6. The van der Waals surface area contributed by atoms with Crippen molar-refractivity contribution >= 4 is 80.1 Å². The van der Waals surface area contributed by atoms with Gasteiger partial charge in [-0.2, -0.15) is 0 Å². The van der Waals surface area contributed by atoms with Crippen LogP contribution in [0.5, 0.6) is 0 Å². The van der Waals surface area contributed by atoms with E-state index in [-0.39, 0.29) is 10.8 Å². The predicted molar refractivity (Wildman–Crippen MR) is 254 cm³/mol. The monoisotopic (exact) mass is 844 g/mol. The Hall–Kier alpha value is -4.87. The summed E-state index contributed by atoms with van der Waals surface area (Å²) in [6.07, 6.45) is 0. The highest BCUT2D eigenvalue weighted by molar-refractivity contribution is 9.10. The van der Waals surface area contributed by atoms with Crippen molar-refractivity contribution in [3.05, 3.63) is 178 Å². The third-order valence-electron chi connectivity index (χ3n) is 11.5. The molecule has 7 aromatic rings. The summed E-state index contributed by atoms with van der Waals surface area (Å²) in [6, 6.07) is 58.2. The minimum Gasteiger partial charge on any atom is -0.309 e. The molecule has 0 fully saturated rings. The number of rotatable bonds is 4. The van der Waals surface area contributed by atoms with Crippen LogP contribution in [0.1, 0.15) is 52.7 Å². The van der Waals surface area contributed by atoms with E-state index in [9.17, 15) is 0 Å². The molecule has 0 N–H and O–H groups in total. The lowest BCUT2D eigenvalue weighted by Gasteiger charge is -2.35. The van der Waals surface area contributed by atoms with Crippen molar-refractivity contribution in [2.45, 2.75) is 65.5 Å². The van der Waals surface area contributed by atoms with Crippen LogP contribution in [0.4, 0.5) is 34.1 Å². The van der Waals surface area contributed by atoms with Crippen molar-refractivity contribution in [1.82, 2.24) is 0 Å². The van der Waals surface area contributed by atoms with Gasteiger partial charge in [-0.15, -0.1) is 0 Å². The molecular formula is C52H50BrClN2Si. The van der Waals surface area contributed by atoms with Gasteiger partial charge in [-0.3, -0.25) is 0 Å². The maximum absolute atomic E-state index is 7.31. The van der Waals surface area contributed by atoms with Gasteiger partial charge in [-0.1, -0.05) is 186 Å². The van der Waals surface area contributed by atoms with Crippen molar-refractivity contribution in [2.24, 2.45) is 0 Å². The molecule has 8 rings (SSSR count). The molecule has 0 radical (unpaired) electrons. The van der Waals surface area contributed by atoms with Gasteiger partial charge in [0.05, 0.1) is 27.2 Å². The highest BCUT2D eigenvalue weighted by Gasteiger charge is 2.32. The summed E-state index contributed by atoms with van der Waals surface area (Å²) < 4.78 is 0.940. The highest BCUT2D eigenvalue weighted by atomic mass is 79.9. The van der Waals surface area contributed by atoms with Gasteiger partial charge in [0.2, 0.25) is 0 Å². The van der Waals surface area contributed by atoms with Crippen molar-refractivity contribution in [3.63, 3.8) is 0 Å². The summed E-state index contributed by atoms with van der Waals surface area (Å²) in [5, 5.41) is 3.37. The van der Waals surface area contributed by atoms with Gasteiger partial charge in [0.15, 0.2) is 0 Å². The maximum Gasteiger partial charge on any atom is 0.112 e. The summed E-state index contributed by atoms with van der Waals surface area (Å²) in [5.41, 5.74) is 13.6. The number of hydrogen-bond donors (Lipinski definition) is 0. The lowest BCUT2D eigenvalue weighted by atomic mass is 9.86. The first-order chi connectivity index (χ1) is 27.1. The Morgan fingerprint density at radius 1 is 0.456 bits per heavy atom. The van der Waals surface area contributed by atoms with Gasteiger partial charge in [0.25, 0.3) is 0 Å². The van der Waals surface area contributed by atoms with Gasteiger partial charge in [0.1, 0.15) is 8.07 Å². The smallest absolute Gasteiger partial charge is 0.112 e. The topological polar surface area (TPSA) is 6.48 Å². The van der Waals surface area contributed by atoms with Crippen molar-refractivity contribution in [2.75, 3.05) is 9.80 Å². The van der Waals surface area contributed by atoms with Crippen LogP contribution >= 0.6 is 27.5 Å². The quantitative estimate of drug-likeness (QED) is 0.163. The Bertz CT molecular complexity index is 2420. The molecule has 7 aromatic carbocycles. The zero-order valence-electron chi connectivity index (χ0n) is 34.2. The number of anilines is 6. The summed E-state index contributed by atoms with van der Waals surface area (Å²) in [6.45, 7) is 18.5. The number of benzene rings is 7. The molecule has 1 aliphatic rings. The number of fused-ring (bicyclic) bond motifs is 6. The first-order valence-electron chi connectivity index (χ1n) is 19.8. The molecule has 6 bridgehead atoms. The Labute approximate surface area is 353 Å². The van der Waals surface area contributed by atoms with Gasteiger partial charge in [-0.05, 0) is 97.5 Å². The van der Waals surface area contributed by atoms with Crippen molar-refractivity contribution < 1.29 is 0 Å². The van der Waals surface area contributed by atoms with E-state index in [1.165, 1.54) is 21.5 Å². The van der Waals surface area contributed by atoms with Crippen molar-refractivity contribution in [1.29, 1.82) is 0 Å². The van der Waals surface area contributed by atoms with E-state index in [1.54, 1.807) is 0 Å². The predicted octanol–water partition coefficient (Wildman–Crippen LogP) is 15.1.